The van der Waals surface area contributed by atoms with E-state index >= 15 is 0 Å². The van der Waals surface area contributed by atoms with Crippen molar-refractivity contribution in [2.24, 2.45) is 11.7 Å². The highest BCUT2D eigenvalue weighted by Gasteiger charge is 2.08. The minimum absolute atomic E-state index is 0.0320. The van der Waals surface area contributed by atoms with Crippen LogP contribution in [0.1, 0.15) is 44.9 Å². The van der Waals surface area contributed by atoms with E-state index in [4.69, 9.17) is 15.2 Å². The Labute approximate surface area is 110 Å². The van der Waals surface area contributed by atoms with Crippen molar-refractivity contribution in [3.63, 3.8) is 0 Å². The van der Waals surface area contributed by atoms with Crippen molar-refractivity contribution in [1.29, 1.82) is 0 Å². The minimum Gasteiger partial charge on any atom is -0.494 e. The fourth-order valence-corrected chi connectivity index (χ4v) is 1.70. The van der Waals surface area contributed by atoms with E-state index in [9.17, 15) is 0 Å². The molecule has 1 unspecified atom stereocenters. The predicted molar refractivity (Wildman–Crippen MR) is 74.7 cm³/mol. The average molecular weight is 251 g/mol. The Morgan fingerprint density at radius 1 is 1.22 bits per heavy atom. The molecule has 0 spiro atoms. The van der Waals surface area contributed by atoms with Gasteiger partial charge in [-0.05, 0) is 37.5 Å². The first-order valence-corrected chi connectivity index (χ1v) is 6.63. The smallest absolute Gasteiger partial charge is 0.124 e. The molecular weight excluding hydrogens is 226 g/mol. The van der Waals surface area contributed by atoms with Crippen LogP contribution < -0.4 is 10.5 Å². The maximum Gasteiger partial charge on any atom is 0.124 e. The number of rotatable bonds is 7. The molecule has 3 heteroatoms. The van der Waals surface area contributed by atoms with E-state index in [2.05, 4.69) is 19.9 Å². The molecular formula is C15H25NO2. The summed E-state index contributed by atoms with van der Waals surface area (Å²) in [6.45, 7) is 10.2. The first-order chi connectivity index (χ1) is 8.54. The highest BCUT2D eigenvalue weighted by Crippen LogP contribution is 2.23. The molecule has 0 saturated carbocycles. The molecule has 0 heterocycles. The Balaban J connectivity index is 2.79. The number of hydrogen-bond acceptors (Lipinski definition) is 3. The van der Waals surface area contributed by atoms with E-state index in [-0.39, 0.29) is 6.04 Å². The number of ether oxygens (including phenoxy) is 2. The van der Waals surface area contributed by atoms with E-state index in [0.717, 1.165) is 23.5 Å². The van der Waals surface area contributed by atoms with Gasteiger partial charge in [0.25, 0.3) is 0 Å². The van der Waals surface area contributed by atoms with Crippen molar-refractivity contribution in [3.05, 3.63) is 29.3 Å². The van der Waals surface area contributed by atoms with Gasteiger partial charge in [0.05, 0.1) is 13.2 Å². The lowest BCUT2D eigenvalue weighted by atomic mass is 10.1. The Morgan fingerprint density at radius 3 is 2.50 bits per heavy atom. The average Bonchev–Trinajstić information content (AvgIpc) is 2.30. The van der Waals surface area contributed by atoms with Crippen molar-refractivity contribution in [3.8, 4) is 5.75 Å². The van der Waals surface area contributed by atoms with E-state index in [1.54, 1.807) is 0 Å². The fraction of sp³-hybridized carbons (Fsp3) is 0.600. The van der Waals surface area contributed by atoms with Crippen LogP contribution in [0.25, 0.3) is 0 Å². The molecule has 0 fully saturated rings. The molecule has 0 bridgehead atoms. The quantitative estimate of drug-likeness (QED) is 0.809. The molecule has 0 radical (unpaired) electrons. The second kappa shape index (κ2) is 7.39. The van der Waals surface area contributed by atoms with E-state index in [0.29, 0.717) is 19.1 Å². The molecule has 0 aliphatic rings. The standard InChI is InChI=1S/C15H25NO2/c1-5-18-15-7-6-13(12(4)16)8-14(15)10-17-9-11(2)3/h6-8,11-12H,5,9-10,16H2,1-4H3. The van der Waals surface area contributed by atoms with Gasteiger partial charge in [0.1, 0.15) is 5.75 Å². The Kier molecular flexibility index (Phi) is 6.16. The van der Waals surface area contributed by atoms with Crippen LogP contribution in [-0.2, 0) is 11.3 Å². The summed E-state index contributed by atoms with van der Waals surface area (Å²) in [5.74, 6) is 1.43. The first-order valence-electron chi connectivity index (χ1n) is 6.63. The van der Waals surface area contributed by atoms with Crippen LogP contribution in [0.15, 0.2) is 18.2 Å². The maximum atomic E-state index is 5.90. The van der Waals surface area contributed by atoms with Gasteiger partial charge in [-0.3, -0.25) is 0 Å². The molecule has 2 N–H and O–H groups in total. The first kappa shape index (κ1) is 15.0. The van der Waals surface area contributed by atoms with Gasteiger partial charge in [-0.1, -0.05) is 19.9 Å². The molecule has 0 saturated heterocycles. The molecule has 0 aliphatic heterocycles. The van der Waals surface area contributed by atoms with Crippen molar-refractivity contribution in [1.82, 2.24) is 0 Å². The van der Waals surface area contributed by atoms with Crippen LogP contribution >= 0.6 is 0 Å². The third kappa shape index (κ3) is 4.67. The van der Waals surface area contributed by atoms with Crippen molar-refractivity contribution in [2.45, 2.75) is 40.3 Å². The van der Waals surface area contributed by atoms with Crippen LogP contribution in [-0.4, -0.2) is 13.2 Å². The maximum absolute atomic E-state index is 5.90. The summed E-state index contributed by atoms with van der Waals surface area (Å²) < 4.78 is 11.3. The summed E-state index contributed by atoms with van der Waals surface area (Å²) in [7, 11) is 0. The molecule has 18 heavy (non-hydrogen) atoms. The van der Waals surface area contributed by atoms with Crippen LogP contribution in [0, 0.1) is 5.92 Å². The lowest BCUT2D eigenvalue weighted by molar-refractivity contribution is 0.0950. The predicted octanol–water partition coefficient (Wildman–Crippen LogP) is 3.28. The lowest BCUT2D eigenvalue weighted by Crippen LogP contribution is -2.08. The van der Waals surface area contributed by atoms with Gasteiger partial charge in [0.15, 0.2) is 0 Å². The van der Waals surface area contributed by atoms with Crippen molar-refractivity contribution < 1.29 is 9.47 Å². The van der Waals surface area contributed by atoms with Crippen LogP contribution in [0.5, 0.6) is 5.75 Å². The normalized spacial score (nSPS) is 12.8. The highest BCUT2D eigenvalue weighted by molar-refractivity contribution is 5.38. The Morgan fingerprint density at radius 2 is 1.94 bits per heavy atom. The monoisotopic (exact) mass is 251 g/mol. The van der Waals surface area contributed by atoms with Gasteiger partial charge in [-0.2, -0.15) is 0 Å². The zero-order chi connectivity index (χ0) is 13.5. The summed E-state index contributed by atoms with van der Waals surface area (Å²) >= 11 is 0. The SMILES string of the molecule is CCOc1ccc(C(C)N)cc1COCC(C)C. The Bertz CT molecular complexity index is 362. The minimum atomic E-state index is 0.0320. The largest absolute Gasteiger partial charge is 0.494 e. The van der Waals surface area contributed by atoms with Gasteiger partial charge in [-0.15, -0.1) is 0 Å². The van der Waals surface area contributed by atoms with E-state index in [1.807, 2.05) is 26.0 Å². The second-order valence-corrected chi connectivity index (χ2v) is 5.00. The van der Waals surface area contributed by atoms with Crippen molar-refractivity contribution in [2.75, 3.05) is 13.2 Å². The molecule has 0 aliphatic carbocycles. The molecule has 1 aromatic rings. The third-order valence-corrected chi connectivity index (χ3v) is 2.62. The van der Waals surface area contributed by atoms with E-state index < -0.39 is 0 Å². The van der Waals surface area contributed by atoms with Crippen LogP contribution in [0.3, 0.4) is 0 Å². The lowest BCUT2D eigenvalue weighted by Gasteiger charge is -2.14. The van der Waals surface area contributed by atoms with Gasteiger partial charge < -0.3 is 15.2 Å². The van der Waals surface area contributed by atoms with Crippen LogP contribution in [0.2, 0.25) is 0 Å². The summed E-state index contributed by atoms with van der Waals surface area (Å²) in [6.07, 6.45) is 0. The molecule has 102 valence electrons. The summed E-state index contributed by atoms with van der Waals surface area (Å²) in [5, 5.41) is 0. The third-order valence-electron chi connectivity index (χ3n) is 2.62. The van der Waals surface area contributed by atoms with Gasteiger partial charge in [-0.25, -0.2) is 0 Å². The van der Waals surface area contributed by atoms with Crippen LogP contribution in [0.4, 0.5) is 0 Å². The van der Waals surface area contributed by atoms with Gasteiger partial charge >= 0.3 is 0 Å². The topological polar surface area (TPSA) is 44.5 Å². The van der Waals surface area contributed by atoms with Gasteiger partial charge in [0.2, 0.25) is 0 Å². The molecule has 0 aromatic heterocycles. The molecule has 1 rings (SSSR count). The second-order valence-electron chi connectivity index (χ2n) is 5.00. The summed E-state index contributed by atoms with van der Waals surface area (Å²) in [6, 6.07) is 6.11. The molecule has 3 nitrogen and oxygen atoms in total. The molecule has 1 aromatic carbocycles. The highest BCUT2D eigenvalue weighted by atomic mass is 16.5. The number of nitrogens with two attached hydrogens (primary N) is 1. The van der Waals surface area contributed by atoms with E-state index in [1.165, 1.54) is 0 Å². The fourth-order valence-electron chi connectivity index (χ4n) is 1.70. The summed E-state index contributed by atoms with van der Waals surface area (Å²) in [5.41, 5.74) is 8.09. The molecule has 0 amide bonds. The number of benzene rings is 1. The zero-order valence-electron chi connectivity index (χ0n) is 11.9. The van der Waals surface area contributed by atoms with Gasteiger partial charge in [0, 0.05) is 18.2 Å². The summed E-state index contributed by atoms with van der Waals surface area (Å²) in [4.78, 5) is 0. The molecule has 1 atom stereocenters. The number of hydrogen-bond donors (Lipinski definition) is 1. The van der Waals surface area contributed by atoms with Crippen molar-refractivity contribution >= 4 is 0 Å². The zero-order valence-corrected chi connectivity index (χ0v) is 11.9. The Hall–Kier alpha value is -1.06.